The molecule has 2 rings (SSSR count). The van der Waals surface area contributed by atoms with Crippen LogP contribution in [-0.4, -0.2) is 35.6 Å². The molecule has 26 heavy (non-hydrogen) atoms. The lowest BCUT2D eigenvalue weighted by molar-refractivity contribution is -0.125. The molecule has 1 aliphatic carbocycles. The molecule has 0 saturated heterocycles. The summed E-state index contributed by atoms with van der Waals surface area (Å²) >= 11 is 1.54. The van der Waals surface area contributed by atoms with Crippen LogP contribution in [0.5, 0.6) is 0 Å². The molecule has 8 nitrogen and oxygen atoms in total. The number of primary amides is 1. The number of aryl methyl sites for hydroxylation is 1. The highest BCUT2D eigenvalue weighted by molar-refractivity contribution is 7.11. The van der Waals surface area contributed by atoms with Crippen molar-refractivity contribution < 1.29 is 14.3 Å². The van der Waals surface area contributed by atoms with Crippen LogP contribution < -0.4 is 16.4 Å². The second-order valence-electron chi connectivity index (χ2n) is 5.56. The summed E-state index contributed by atoms with van der Waals surface area (Å²) in [6.07, 6.45) is 6.57. The summed E-state index contributed by atoms with van der Waals surface area (Å²) in [5.74, 6) is -0.648. The Hall–Kier alpha value is -2.94. The maximum atomic E-state index is 12.4. The highest BCUT2D eigenvalue weighted by Crippen LogP contribution is 2.20. The molecule has 1 aromatic rings. The second kappa shape index (κ2) is 8.43. The molecule has 0 aliphatic heterocycles. The van der Waals surface area contributed by atoms with Gasteiger partial charge in [0.05, 0.1) is 15.6 Å². The van der Waals surface area contributed by atoms with E-state index in [2.05, 4.69) is 15.6 Å². The van der Waals surface area contributed by atoms with E-state index < -0.39 is 17.9 Å². The lowest BCUT2D eigenvalue weighted by Gasteiger charge is -2.17. The summed E-state index contributed by atoms with van der Waals surface area (Å²) in [6, 6.07) is -0.825. The Kier molecular flexibility index (Phi) is 6.29. The number of amides is 2. The van der Waals surface area contributed by atoms with Crippen LogP contribution in [0.2, 0.25) is 0 Å². The van der Waals surface area contributed by atoms with Crippen molar-refractivity contribution in [3.63, 3.8) is 0 Å². The van der Waals surface area contributed by atoms with E-state index >= 15 is 0 Å². The Balaban J connectivity index is 2.20. The van der Waals surface area contributed by atoms with Gasteiger partial charge in [0, 0.05) is 18.8 Å². The molecule has 1 atom stereocenters. The molecule has 1 heterocycles. The molecule has 0 fully saturated rings. The van der Waals surface area contributed by atoms with E-state index in [1.807, 2.05) is 6.92 Å². The van der Waals surface area contributed by atoms with Gasteiger partial charge >= 0.3 is 0 Å². The number of hydrogen-bond donors (Lipinski definition) is 4. The zero-order valence-electron chi connectivity index (χ0n) is 14.8. The number of hydrogen-bond acceptors (Lipinski definition) is 7. The molecule has 0 saturated carbocycles. The smallest absolute Gasteiger partial charge is 0.268 e. The van der Waals surface area contributed by atoms with Gasteiger partial charge in [-0.05, 0) is 32.1 Å². The van der Waals surface area contributed by atoms with Crippen molar-refractivity contribution in [2.24, 2.45) is 5.73 Å². The lowest BCUT2D eigenvalue weighted by Crippen LogP contribution is -2.44. The van der Waals surface area contributed by atoms with Gasteiger partial charge in [-0.1, -0.05) is 0 Å². The molecule has 1 aromatic heterocycles. The van der Waals surface area contributed by atoms with Crippen molar-refractivity contribution in [2.45, 2.75) is 26.5 Å². The summed E-state index contributed by atoms with van der Waals surface area (Å²) in [5.41, 5.74) is 5.84. The minimum absolute atomic E-state index is 0.150. The van der Waals surface area contributed by atoms with Crippen molar-refractivity contribution >= 4 is 28.9 Å². The highest BCUT2D eigenvalue weighted by atomic mass is 32.1. The number of allylic oxidation sites excluding steroid dienone is 4. The summed E-state index contributed by atoms with van der Waals surface area (Å²) in [4.78, 5) is 28.7. The average molecular weight is 375 g/mol. The number of rotatable bonds is 7. The first kappa shape index (κ1) is 19.4. The molecule has 0 unspecified atom stereocenters. The van der Waals surface area contributed by atoms with Crippen molar-refractivity contribution in [3.8, 4) is 0 Å². The largest absolute Gasteiger partial charge is 0.488 e. The van der Waals surface area contributed by atoms with Gasteiger partial charge in [-0.3, -0.25) is 9.59 Å². The molecule has 138 valence electrons. The highest BCUT2D eigenvalue weighted by Gasteiger charge is 2.21. The van der Waals surface area contributed by atoms with Crippen LogP contribution in [0.15, 0.2) is 41.5 Å². The zero-order chi connectivity index (χ0) is 19.3. The van der Waals surface area contributed by atoms with Crippen molar-refractivity contribution in [3.05, 3.63) is 51.3 Å². The number of nitrogens with one attached hydrogen (secondary N) is 3. The number of carbonyl (C=O) groups is 2. The van der Waals surface area contributed by atoms with Gasteiger partial charge in [0.1, 0.15) is 24.1 Å². The summed E-state index contributed by atoms with van der Waals surface area (Å²) in [6.45, 7) is 3.76. The van der Waals surface area contributed by atoms with Crippen molar-refractivity contribution in [2.75, 3.05) is 7.05 Å². The molecule has 1 aliphatic rings. The SMILES string of the molecule is CN/C(C(=O)N[C@@H](C)C(N)=O)=C1/C=C(OCc2cnc(C)s2)C=CC1=N. The maximum absolute atomic E-state index is 12.4. The molecular weight excluding hydrogens is 354 g/mol. The van der Waals surface area contributed by atoms with E-state index in [1.54, 1.807) is 42.8 Å². The maximum Gasteiger partial charge on any atom is 0.268 e. The Labute approximate surface area is 155 Å². The predicted octanol–water partition coefficient (Wildman–Crippen LogP) is 0.905. The Bertz CT molecular complexity index is 822. The first-order valence-corrected chi connectivity index (χ1v) is 8.68. The Morgan fingerprint density at radius 3 is 2.73 bits per heavy atom. The third-order valence-corrected chi connectivity index (χ3v) is 4.45. The summed E-state index contributed by atoms with van der Waals surface area (Å²) < 4.78 is 5.73. The third kappa shape index (κ3) is 4.79. The number of nitrogens with two attached hydrogens (primary N) is 1. The van der Waals surface area contributed by atoms with Crippen molar-refractivity contribution in [1.29, 1.82) is 5.41 Å². The molecule has 0 spiro atoms. The minimum atomic E-state index is -0.825. The standard InChI is InChI=1S/C17H21N5O3S/c1-9(16(19)23)22-17(24)15(20-3)13-6-11(4-5-14(13)18)25-8-12-7-21-10(2)26-12/h4-7,9,18,20H,8H2,1-3H3,(H2,19,23)(H,22,24)/b15-13-,18-14?/t9-/m0/s1. The van der Waals surface area contributed by atoms with Gasteiger partial charge in [-0.2, -0.15) is 0 Å². The van der Waals surface area contributed by atoms with Crippen LogP contribution in [0, 0.1) is 12.3 Å². The topological polar surface area (TPSA) is 130 Å². The number of nitrogens with zero attached hydrogens (tertiary/aromatic N) is 1. The van der Waals surface area contributed by atoms with Gasteiger partial charge < -0.3 is 26.5 Å². The van der Waals surface area contributed by atoms with E-state index in [1.165, 1.54) is 6.92 Å². The van der Waals surface area contributed by atoms with Crippen LogP contribution >= 0.6 is 11.3 Å². The third-order valence-electron chi connectivity index (χ3n) is 3.56. The van der Waals surface area contributed by atoms with Gasteiger partial charge in [-0.25, -0.2) is 4.98 Å². The predicted molar refractivity (Wildman–Crippen MR) is 99.5 cm³/mol. The zero-order valence-corrected chi connectivity index (χ0v) is 15.6. The summed E-state index contributed by atoms with van der Waals surface area (Å²) in [5, 5.41) is 14.3. The Morgan fingerprint density at radius 1 is 1.42 bits per heavy atom. The normalized spacial score (nSPS) is 16.6. The first-order chi connectivity index (χ1) is 12.3. The minimum Gasteiger partial charge on any atom is -0.488 e. The van der Waals surface area contributed by atoms with Crippen LogP contribution in [0.1, 0.15) is 16.8 Å². The molecule has 0 radical (unpaired) electrons. The van der Waals surface area contributed by atoms with Crippen molar-refractivity contribution in [1.82, 2.24) is 15.6 Å². The van der Waals surface area contributed by atoms with E-state index in [9.17, 15) is 9.59 Å². The fraction of sp³-hybridized carbons (Fsp3) is 0.294. The van der Waals surface area contributed by atoms with Gasteiger partial charge in [-0.15, -0.1) is 11.3 Å². The monoisotopic (exact) mass is 375 g/mol. The van der Waals surface area contributed by atoms with Gasteiger partial charge in [0.15, 0.2) is 0 Å². The van der Waals surface area contributed by atoms with Crippen LogP contribution in [0.4, 0.5) is 0 Å². The number of likely N-dealkylation sites (N-methyl/N-ethyl adjacent to an activating group) is 1. The van der Waals surface area contributed by atoms with E-state index in [4.69, 9.17) is 15.9 Å². The van der Waals surface area contributed by atoms with Crippen LogP contribution in [0.25, 0.3) is 0 Å². The molecular formula is C17H21N5O3S. The lowest BCUT2D eigenvalue weighted by atomic mass is 10.0. The number of ether oxygens (including phenoxy) is 1. The molecule has 2 amide bonds. The fourth-order valence-electron chi connectivity index (χ4n) is 2.16. The Morgan fingerprint density at radius 2 is 2.15 bits per heavy atom. The average Bonchev–Trinajstić information content (AvgIpc) is 3.01. The van der Waals surface area contributed by atoms with Crippen LogP contribution in [0.3, 0.4) is 0 Å². The molecule has 5 N–H and O–H groups in total. The molecule has 0 bridgehead atoms. The molecule has 0 aromatic carbocycles. The number of aromatic nitrogens is 1. The summed E-state index contributed by atoms with van der Waals surface area (Å²) in [7, 11) is 1.57. The van der Waals surface area contributed by atoms with Gasteiger partial charge in [0.25, 0.3) is 5.91 Å². The second-order valence-corrected chi connectivity index (χ2v) is 6.88. The van der Waals surface area contributed by atoms with E-state index in [0.29, 0.717) is 17.9 Å². The quantitative estimate of drug-likeness (QED) is 0.526. The fourth-order valence-corrected chi connectivity index (χ4v) is 2.87. The van der Waals surface area contributed by atoms with E-state index in [0.717, 1.165) is 9.88 Å². The van der Waals surface area contributed by atoms with E-state index in [-0.39, 0.29) is 11.4 Å². The van der Waals surface area contributed by atoms with Crippen LogP contribution in [-0.2, 0) is 20.9 Å². The molecule has 9 heteroatoms. The first-order valence-electron chi connectivity index (χ1n) is 7.86. The number of thiazole rings is 1. The van der Waals surface area contributed by atoms with Gasteiger partial charge in [0.2, 0.25) is 5.91 Å². The number of carbonyl (C=O) groups excluding carboxylic acids is 2.